The first kappa shape index (κ1) is 34.3. The molecule has 0 bridgehead atoms. The molecule has 43 heavy (non-hydrogen) atoms. The first-order valence-corrected chi connectivity index (χ1v) is 14.2. The van der Waals surface area contributed by atoms with Crippen molar-refractivity contribution in [3.05, 3.63) is 64.5 Å². The Bertz CT molecular complexity index is 1320. The van der Waals surface area contributed by atoms with Crippen molar-refractivity contribution in [1.82, 2.24) is 15.1 Å². The molecular formula is C31H41B2FN4O5. The van der Waals surface area contributed by atoms with Crippen molar-refractivity contribution in [3.63, 3.8) is 0 Å². The zero-order valence-electron chi connectivity index (χ0n) is 25.9. The Balaban J connectivity index is 1.83. The Hall–Kier alpha value is -3.21. The third-order valence-corrected chi connectivity index (χ3v) is 7.75. The lowest BCUT2D eigenvalue weighted by Crippen LogP contribution is -2.63. The van der Waals surface area contributed by atoms with E-state index in [-0.39, 0.29) is 25.9 Å². The number of likely N-dealkylation sites (N-methyl/N-ethyl adjacent to an activating group) is 1. The number of carbonyl (C=O) groups is 3. The number of aldehydes is 1. The van der Waals surface area contributed by atoms with Crippen LogP contribution in [0.2, 0.25) is 0 Å². The van der Waals surface area contributed by atoms with E-state index in [1.807, 2.05) is 45.6 Å². The van der Waals surface area contributed by atoms with Gasteiger partial charge in [0.2, 0.25) is 12.1 Å². The van der Waals surface area contributed by atoms with Crippen molar-refractivity contribution >= 4 is 40.0 Å². The van der Waals surface area contributed by atoms with Crippen LogP contribution in [-0.4, -0.2) is 86.3 Å². The van der Waals surface area contributed by atoms with E-state index in [1.165, 1.54) is 13.1 Å². The minimum Gasteiger partial charge on any atom is -0.381 e. The molecule has 4 radical (unpaired) electrons. The topological polar surface area (TPSA) is 111 Å². The summed E-state index contributed by atoms with van der Waals surface area (Å²) in [7, 11) is 14.5. The van der Waals surface area contributed by atoms with Crippen LogP contribution in [0.3, 0.4) is 0 Å². The summed E-state index contributed by atoms with van der Waals surface area (Å²) in [6, 6.07) is 10.0. The molecule has 228 valence electrons. The van der Waals surface area contributed by atoms with E-state index in [2.05, 4.69) is 10.6 Å². The molecule has 0 spiro atoms. The van der Waals surface area contributed by atoms with Crippen LogP contribution in [0.15, 0.2) is 36.4 Å². The van der Waals surface area contributed by atoms with Gasteiger partial charge in [-0.15, -0.1) is 0 Å². The Labute approximate surface area is 256 Å². The van der Waals surface area contributed by atoms with Gasteiger partial charge in [0.1, 0.15) is 12.1 Å². The molecule has 1 heterocycles. The fraction of sp³-hybridized carbons (Fsp3) is 0.516. The molecule has 2 aromatic carbocycles. The second-order valence-electron chi connectivity index (χ2n) is 12.4. The highest BCUT2D eigenvalue weighted by atomic mass is 19.1. The molecule has 2 aromatic rings. The summed E-state index contributed by atoms with van der Waals surface area (Å²) in [6.45, 7) is 10.6. The van der Waals surface area contributed by atoms with Crippen molar-refractivity contribution in [2.45, 2.75) is 82.8 Å². The van der Waals surface area contributed by atoms with Gasteiger partial charge in [-0.05, 0) is 68.8 Å². The van der Waals surface area contributed by atoms with Crippen LogP contribution in [0.5, 0.6) is 0 Å². The number of anilines is 1. The molecule has 12 heteroatoms. The number of nitrogens with zero attached hydrogens (tertiary/aromatic N) is 2. The Morgan fingerprint density at radius 3 is 2.37 bits per heavy atom. The SMILES string of the molecule is [B]C([B])(c1ccc(CNc2cccc(C)c2CN(C=O)C(O)(CCC=O)C(=O)NC)c(F)c1)N1CC(C)(C)OC(C)(C)C1. The predicted octanol–water partition coefficient (Wildman–Crippen LogP) is 2.46. The molecule has 3 N–H and O–H groups in total. The standard InChI is InChI=1S/C31H41B2FN4O5/c1-21-9-7-10-26(24(21)17-37(20-40)30(42,13-8-14-39)27(41)35-6)36-16-22-11-12-23(15-25(22)34)31(32,33)38-18-28(2,3)43-29(4,5)19-38/h7,9-12,14-15,20,36,42H,8,13,16-19H2,1-6H3,(H,35,41). The van der Waals surface area contributed by atoms with Gasteiger partial charge in [-0.2, -0.15) is 0 Å². The minimum absolute atomic E-state index is 0.0915. The van der Waals surface area contributed by atoms with Crippen LogP contribution in [-0.2, 0) is 37.5 Å². The third-order valence-electron chi connectivity index (χ3n) is 7.75. The molecule has 3 rings (SSSR count). The number of nitrogens with one attached hydrogen (secondary N) is 2. The van der Waals surface area contributed by atoms with E-state index >= 15 is 4.39 Å². The van der Waals surface area contributed by atoms with Gasteiger partial charge in [0, 0.05) is 50.8 Å². The maximum absolute atomic E-state index is 15.4. The van der Waals surface area contributed by atoms with Gasteiger partial charge in [0.25, 0.3) is 5.91 Å². The van der Waals surface area contributed by atoms with E-state index < -0.39 is 34.0 Å². The number of aryl methyl sites for hydroxylation is 1. The first-order chi connectivity index (χ1) is 20.0. The highest BCUT2D eigenvalue weighted by Gasteiger charge is 2.43. The number of hydrogen-bond donors (Lipinski definition) is 3. The second kappa shape index (κ2) is 13.2. The lowest BCUT2D eigenvalue weighted by Gasteiger charge is -2.53. The Kier molecular flexibility index (Phi) is 10.5. The summed E-state index contributed by atoms with van der Waals surface area (Å²) in [5, 5.41) is 15.3. The van der Waals surface area contributed by atoms with Gasteiger partial charge in [-0.25, -0.2) is 4.39 Å². The van der Waals surface area contributed by atoms with E-state index in [9.17, 15) is 19.5 Å². The number of hydrogen-bond acceptors (Lipinski definition) is 7. The zero-order chi connectivity index (χ0) is 32.2. The molecule has 0 aromatic heterocycles. The number of benzene rings is 2. The number of rotatable bonds is 13. The molecular weight excluding hydrogens is 549 g/mol. The summed E-state index contributed by atoms with van der Waals surface area (Å²) in [5.74, 6) is -1.31. The summed E-state index contributed by atoms with van der Waals surface area (Å²) in [5.41, 5.74) is -0.489. The Morgan fingerprint density at radius 2 is 1.81 bits per heavy atom. The van der Waals surface area contributed by atoms with Gasteiger partial charge in [0.15, 0.2) is 0 Å². The number of carbonyl (C=O) groups excluding carboxylic acids is 3. The Morgan fingerprint density at radius 1 is 1.16 bits per heavy atom. The van der Waals surface area contributed by atoms with Gasteiger partial charge < -0.3 is 35.1 Å². The van der Waals surface area contributed by atoms with Crippen LogP contribution >= 0.6 is 0 Å². The average Bonchev–Trinajstić information content (AvgIpc) is 2.92. The fourth-order valence-electron chi connectivity index (χ4n) is 5.71. The van der Waals surface area contributed by atoms with Gasteiger partial charge in [-0.1, -0.05) is 24.3 Å². The molecule has 0 saturated carbocycles. The molecule has 1 saturated heterocycles. The number of morpholine rings is 1. The summed E-state index contributed by atoms with van der Waals surface area (Å²) >= 11 is 0. The van der Waals surface area contributed by atoms with E-state index in [0.717, 1.165) is 10.5 Å². The highest BCUT2D eigenvalue weighted by Crippen LogP contribution is 2.35. The summed E-state index contributed by atoms with van der Waals surface area (Å²) in [4.78, 5) is 38.5. The molecule has 9 nitrogen and oxygen atoms in total. The number of ether oxygens (including phenoxy) is 1. The van der Waals surface area contributed by atoms with E-state index in [0.29, 0.717) is 48.2 Å². The molecule has 1 unspecified atom stereocenters. The number of amides is 2. The zero-order valence-corrected chi connectivity index (χ0v) is 25.9. The van der Waals surface area contributed by atoms with Crippen LogP contribution in [0.4, 0.5) is 10.1 Å². The molecule has 1 aliphatic rings. The quantitative estimate of drug-likeness (QED) is 0.187. The van der Waals surface area contributed by atoms with E-state index in [1.54, 1.807) is 24.3 Å². The fourth-order valence-corrected chi connectivity index (χ4v) is 5.71. The van der Waals surface area contributed by atoms with Crippen LogP contribution in [0.1, 0.15) is 62.8 Å². The van der Waals surface area contributed by atoms with E-state index in [4.69, 9.17) is 20.4 Å². The summed E-state index contributed by atoms with van der Waals surface area (Å²) < 4.78 is 21.6. The lowest BCUT2D eigenvalue weighted by molar-refractivity contribution is -0.186. The normalized spacial score (nSPS) is 17.9. The maximum Gasteiger partial charge on any atom is 0.273 e. The van der Waals surface area contributed by atoms with Gasteiger partial charge >= 0.3 is 0 Å². The van der Waals surface area contributed by atoms with Crippen molar-refractivity contribution in [2.75, 3.05) is 25.5 Å². The number of aliphatic hydroxyl groups is 1. The van der Waals surface area contributed by atoms with Crippen molar-refractivity contribution in [1.29, 1.82) is 0 Å². The predicted molar refractivity (Wildman–Crippen MR) is 165 cm³/mol. The third kappa shape index (κ3) is 7.85. The molecule has 2 amide bonds. The molecule has 1 fully saturated rings. The second-order valence-corrected chi connectivity index (χ2v) is 12.4. The molecule has 0 aliphatic carbocycles. The van der Waals surface area contributed by atoms with Crippen LogP contribution in [0.25, 0.3) is 0 Å². The van der Waals surface area contributed by atoms with Crippen LogP contribution < -0.4 is 10.6 Å². The van der Waals surface area contributed by atoms with Crippen molar-refractivity contribution in [3.8, 4) is 0 Å². The minimum atomic E-state index is -2.24. The molecule has 1 aliphatic heterocycles. The van der Waals surface area contributed by atoms with Crippen LogP contribution in [0, 0.1) is 12.7 Å². The smallest absolute Gasteiger partial charge is 0.273 e. The summed E-state index contributed by atoms with van der Waals surface area (Å²) in [6.07, 6.45) is 0.539. The van der Waals surface area contributed by atoms with Gasteiger partial charge in [-0.3, -0.25) is 9.59 Å². The lowest BCUT2D eigenvalue weighted by atomic mass is 9.56. The largest absolute Gasteiger partial charge is 0.381 e. The average molecular weight is 590 g/mol. The van der Waals surface area contributed by atoms with Crippen molar-refractivity contribution in [2.24, 2.45) is 0 Å². The van der Waals surface area contributed by atoms with Gasteiger partial charge in [0.05, 0.1) is 33.4 Å². The van der Waals surface area contributed by atoms with Crippen molar-refractivity contribution < 1.29 is 28.6 Å². The monoisotopic (exact) mass is 590 g/mol. The molecule has 1 atom stereocenters. The first-order valence-electron chi connectivity index (χ1n) is 14.2. The highest BCUT2D eigenvalue weighted by molar-refractivity contribution is 6.39. The maximum atomic E-state index is 15.4. The number of halogens is 1.